The van der Waals surface area contributed by atoms with Crippen LogP contribution in [0.5, 0.6) is 0 Å². The Kier molecular flexibility index (Phi) is 6.04. The summed E-state index contributed by atoms with van der Waals surface area (Å²) in [5.41, 5.74) is 2.56. The molecule has 4 rings (SSSR count). The Hall–Kier alpha value is -0.300. The summed E-state index contributed by atoms with van der Waals surface area (Å²) in [7, 11) is 0. The van der Waals surface area contributed by atoms with Crippen LogP contribution in [-0.2, 0) is 0 Å². The highest BCUT2D eigenvalue weighted by molar-refractivity contribution is 5.25. The van der Waals surface area contributed by atoms with E-state index in [1.165, 1.54) is 44.9 Å². The van der Waals surface area contributed by atoms with Gasteiger partial charge in [0.25, 0.3) is 0 Å². The van der Waals surface area contributed by atoms with Gasteiger partial charge in [0.1, 0.15) is 0 Å². The van der Waals surface area contributed by atoms with E-state index in [0.29, 0.717) is 5.41 Å². The molecule has 166 valence electrons. The van der Waals surface area contributed by atoms with Gasteiger partial charge in [-0.15, -0.1) is 0 Å². The summed E-state index contributed by atoms with van der Waals surface area (Å²) >= 11 is 0. The van der Waals surface area contributed by atoms with Crippen molar-refractivity contribution in [2.75, 3.05) is 0 Å². The second kappa shape index (κ2) is 7.99. The van der Waals surface area contributed by atoms with Gasteiger partial charge in [-0.25, -0.2) is 0 Å². The highest BCUT2D eigenvalue weighted by Gasteiger charge is 2.59. The normalized spacial score (nSPS) is 46.5. The number of allylic oxidation sites excluding steroid dienone is 2. The van der Waals surface area contributed by atoms with Crippen molar-refractivity contribution in [3.8, 4) is 0 Å². The maximum Gasteiger partial charge on any atom is 0.0551 e. The van der Waals surface area contributed by atoms with Crippen molar-refractivity contribution in [3.05, 3.63) is 11.6 Å². The fourth-order valence-electron chi connectivity index (χ4n) is 8.78. The van der Waals surface area contributed by atoms with Crippen molar-refractivity contribution in [2.45, 2.75) is 112 Å². The molecule has 3 fully saturated rings. The minimum absolute atomic E-state index is 0.0662. The lowest BCUT2D eigenvalue weighted by Gasteiger charge is -2.58. The quantitative estimate of drug-likeness (QED) is 0.470. The number of aliphatic hydroxyl groups is 1. The number of hydrogen-bond donors (Lipinski definition) is 1. The van der Waals surface area contributed by atoms with Gasteiger partial charge in [0, 0.05) is 0 Å². The molecular weight excluding hydrogens is 352 g/mol. The van der Waals surface area contributed by atoms with Crippen LogP contribution in [0.3, 0.4) is 0 Å². The molecule has 29 heavy (non-hydrogen) atoms. The van der Waals surface area contributed by atoms with Gasteiger partial charge < -0.3 is 5.11 Å². The molecule has 0 amide bonds. The Morgan fingerprint density at radius 1 is 1.00 bits per heavy atom. The van der Waals surface area contributed by atoms with E-state index in [2.05, 4.69) is 47.6 Å². The third kappa shape index (κ3) is 3.66. The maximum atomic E-state index is 10.5. The molecule has 0 aromatic heterocycles. The SMILES string of the molecule is CC(C)C(C)CC[C@@H](C)[C@H]1CC[C@H]2[C@@H]3CC=C4CCC(O)C[C@]4(C)[C@H]3CC[C@]12C. The smallest absolute Gasteiger partial charge is 0.0551 e. The van der Waals surface area contributed by atoms with E-state index >= 15 is 0 Å². The molecule has 1 N–H and O–H groups in total. The average molecular weight is 401 g/mol. The van der Waals surface area contributed by atoms with Crippen molar-refractivity contribution in [1.82, 2.24) is 0 Å². The third-order valence-corrected chi connectivity index (χ3v) is 11.0. The van der Waals surface area contributed by atoms with Crippen LogP contribution >= 0.6 is 0 Å². The lowest BCUT2D eigenvalue weighted by atomic mass is 9.47. The first kappa shape index (κ1) is 21.9. The molecule has 4 aliphatic rings. The van der Waals surface area contributed by atoms with Gasteiger partial charge >= 0.3 is 0 Å². The number of rotatable bonds is 5. The molecular formula is C28H48O. The van der Waals surface area contributed by atoms with Crippen molar-refractivity contribution < 1.29 is 5.11 Å². The number of fused-ring (bicyclic) bond motifs is 5. The summed E-state index contributed by atoms with van der Waals surface area (Å²) in [6, 6.07) is 0. The Morgan fingerprint density at radius 3 is 2.48 bits per heavy atom. The Morgan fingerprint density at radius 2 is 1.76 bits per heavy atom. The zero-order chi connectivity index (χ0) is 21.0. The lowest BCUT2D eigenvalue weighted by Crippen LogP contribution is -2.51. The summed E-state index contributed by atoms with van der Waals surface area (Å²) in [6.45, 7) is 15.0. The molecule has 0 saturated heterocycles. The molecule has 1 heteroatoms. The highest BCUT2D eigenvalue weighted by atomic mass is 16.3. The molecule has 9 atom stereocenters. The van der Waals surface area contributed by atoms with Crippen LogP contribution in [0.4, 0.5) is 0 Å². The van der Waals surface area contributed by atoms with Crippen LogP contribution in [0.2, 0.25) is 0 Å². The molecule has 0 aromatic carbocycles. The molecule has 0 aromatic rings. The Balaban J connectivity index is 1.49. The summed E-state index contributed by atoms with van der Waals surface area (Å²) in [4.78, 5) is 0. The molecule has 4 aliphatic carbocycles. The van der Waals surface area contributed by atoms with Crippen molar-refractivity contribution in [1.29, 1.82) is 0 Å². The van der Waals surface area contributed by atoms with Crippen molar-refractivity contribution in [3.63, 3.8) is 0 Å². The van der Waals surface area contributed by atoms with Gasteiger partial charge in [0.15, 0.2) is 0 Å². The van der Waals surface area contributed by atoms with Crippen LogP contribution in [0.25, 0.3) is 0 Å². The minimum atomic E-state index is -0.0662. The number of aliphatic hydroxyl groups excluding tert-OH is 1. The van der Waals surface area contributed by atoms with E-state index in [9.17, 15) is 5.11 Å². The molecule has 0 aliphatic heterocycles. The van der Waals surface area contributed by atoms with Crippen LogP contribution in [0, 0.1) is 52.3 Å². The zero-order valence-electron chi connectivity index (χ0n) is 20.2. The molecule has 3 saturated carbocycles. The first-order valence-electron chi connectivity index (χ1n) is 13.0. The topological polar surface area (TPSA) is 20.2 Å². The Labute approximate surface area is 181 Å². The number of hydrogen-bond acceptors (Lipinski definition) is 1. The lowest BCUT2D eigenvalue weighted by molar-refractivity contribution is -0.0638. The monoisotopic (exact) mass is 400 g/mol. The zero-order valence-corrected chi connectivity index (χ0v) is 20.2. The van der Waals surface area contributed by atoms with Crippen LogP contribution in [0.15, 0.2) is 11.6 Å². The molecule has 0 spiro atoms. The fourth-order valence-corrected chi connectivity index (χ4v) is 8.78. The largest absolute Gasteiger partial charge is 0.393 e. The van der Waals surface area contributed by atoms with Gasteiger partial charge in [-0.05, 0) is 104 Å². The minimum Gasteiger partial charge on any atom is -0.393 e. The first-order chi connectivity index (χ1) is 13.7. The van der Waals surface area contributed by atoms with Crippen LogP contribution < -0.4 is 0 Å². The van der Waals surface area contributed by atoms with E-state index in [1.54, 1.807) is 5.57 Å². The second-order valence-electron chi connectivity index (χ2n) is 12.7. The van der Waals surface area contributed by atoms with Gasteiger partial charge in [-0.2, -0.15) is 0 Å². The van der Waals surface area contributed by atoms with Crippen LogP contribution in [0.1, 0.15) is 106 Å². The second-order valence-corrected chi connectivity index (χ2v) is 12.7. The molecule has 2 unspecified atom stereocenters. The van der Waals surface area contributed by atoms with E-state index < -0.39 is 0 Å². The fraction of sp³-hybridized carbons (Fsp3) is 0.929. The summed E-state index contributed by atoms with van der Waals surface area (Å²) < 4.78 is 0. The van der Waals surface area contributed by atoms with E-state index in [4.69, 9.17) is 0 Å². The molecule has 0 bridgehead atoms. The van der Waals surface area contributed by atoms with Crippen molar-refractivity contribution in [2.24, 2.45) is 52.3 Å². The average Bonchev–Trinajstić information content (AvgIpc) is 3.02. The van der Waals surface area contributed by atoms with E-state index in [-0.39, 0.29) is 11.5 Å². The van der Waals surface area contributed by atoms with Gasteiger partial charge in [-0.1, -0.05) is 66.0 Å². The van der Waals surface area contributed by atoms with Gasteiger partial charge in [0.05, 0.1) is 6.10 Å². The van der Waals surface area contributed by atoms with E-state index in [1.807, 2.05) is 0 Å². The molecule has 0 heterocycles. The molecule has 0 radical (unpaired) electrons. The standard InChI is InChI=1S/C28H48O/c1-18(2)19(3)7-8-20(4)24-13-14-25-23-12-10-21-9-11-22(29)17-28(21,6)26(23)15-16-27(24,25)5/h10,18-20,22-26,29H,7-9,11-17H2,1-6H3/t19?,20-,22?,23+,24-,25+,26+,27-,28+/m1/s1. The van der Waals surface area contributed by atoms with Crippen molar-refractivity contribution >= 4 is 0 Å². The van der Waals surface area contributed by atoms with Gasteiger partial charge in [0.2, 0.25) is 0 Å². The summed E-state index contributed by atoms with van der Waals surface area (Å²) in [5.74, 6) is 6.11. The predicted molar refractivity (Wildman–Crippen MR) is 124 cm³/mol. The third-order valence-electron chi connectivity index (χ3n) is 11.0. The predicted octanol–water partition coefficient (Wildman–Crippen LogP) is 7.63. The Bertz CT molecular complexity index is 620. The first-order valence-corrected chi connectivity index (χ1v) is 13.0. The highest BCUT2D eigenvalue weighted by Crippen LogP contribution is 2.67. The van der Waals surface area contributed by atoms with Gasteiger partial charge in [-0.3, -0.25) is 0 Å². The van der Waals surface area contributed by atoms with Crippen LogP contribution in [-0.4, -0.2) is 11.2 Å². The summed E-state index contributed by atoms with van der Waals surface area (Å²) in [6.07, 6.45) is 15.7. The van der Waals surface area contributed by atoms with E-state index in [0.717, 1.165) is 60.7 Å². The summed E-state index contributed by atoms with van der Waals surface area (Å²) in [5, 5.41) is 10.5. The molecule has 1 nitrogen and oxygen atoms in total. The maximum absolute atomic E-state index is 10.5.